The summed E-state index contributed by atoms with van der Waals surface area (Å²) in [6.45, 7) is 9.75. The summed E-state index contributed by atoms with van der Waals surface area (Å²) in [6.07, 6.45) is 0.816. The van der Waals surface area contributed by atoms with Crippen LogP contribution in [0.2, 0.25) is 0 Å². The maximum atomic E-state index is 11.8. The predicted octanol–water partition coefficient (Wildman–Crippen LogP) is 1.76. The first-order valence-corrected chi connectivity index (χ1v) is 6.59. The van der Waals surface area contributed by atoms with Crippen LogP contribution in [0.15, 0.2) is 5.16 Å². The summed E-state index contributed by atoms with van der Waals surface area (Å²) >= 11 is 1.36. The van der Waals surface area contributed by atoms with Gasteiger partial charge in [0.2, 0.25) is 11.1 Å². The molecule has 0 bridgehead atoms. The van der Waals surface area contributed by atoms with Gasteiger partial charge in [0.15, 0.2) is 0 Å². The number of H-pyrrole nitrogens is 1. The number of hydrogen-bond acceptors (Lipinski definition) is 4. The number of rotatable bonds is 4. The van der Waals surface area contributed by atoms with E-state index in [4.69, 9.17) is 0 Å². The SMILES string of the molecule is CCc1nc(SC(C)C(=O)NC(C)(C)C)n[nH]1. The quantitative estimate of drug-likeness (QED) is 0.805. The maximum Gasteiger partial charge on any atom is 0.233 e. The van der Waals surface area contributed by atoms with Crippen LogP contribution < -0.4 is 5.32 Å². The van der Waals surface area contributed by atoms with E-state index in [1.165, 1.54) is 11.8 Å². The number of nitrogens with zero attached hydrogens (tertiary/aromatic N) is 2. The van der Waals surface area contributed by atoms with Crippen LogP contribution >= 0.6 is 11.8 Å². The molecule has 0 aliphatic carbocycles. The molecule has 1 unspecified atom stereocenters. The van der Waals surface area contributed by atoms with Crippen molar-refractivity contribution in [3.63, 3.8) is 0 Å². The van der Waals surface area contributed by atoms with Crippen molar-refractivity contribution in [2.24, 2.45) is 0 Å². The number of hydrogen-bond donors (Lipinski definition) is 2. The summed E-state index contributed by atoms with van der Waals surface area (Å²) in [4.78, 5) is 16.1. The van der Waals surface area contributed by atoms with Gasteiger partial charge in [0.25, 0.3) is 0 Å². The Labute approximate surface area is 106 Å². The summed E-state index contributed by atoms with van der Waals surface area (Å²) in [5, 5.41) is 10.2. The highest BCUT2D eigenvalue weighted by atomic mass is 32.2. The molecule has 1 atom stereocenters. The molecule has 1 aromatic rings. The topological polar surface area (TPSA) is 70.7 Å². The smallest absolute Gasteiger partial charge is 0.233 e. The van der Waals surface area contributed by atoms with E-state index in [0.29, 0.717) is 5.16 Å². The van der Waals surface area contributed by atoms with E-state index in [1.54, 1.807) is 0 Å². The van der Waals surface area contributed by atoms with Crippen molar-refractivity contribution in [2.45, 2.75) is 57.0 Å². The molecule has 6 heteroatoms. The molecule has 0 aliphatic heterocycles. The molecule has 1 heterocycles. The summed E-state index contributed by atoms with van der Waals surface area (Å²) in [5.41, 5.74) is -0.209. The second-order valence-electron chi connectivity index (χ2n) is 4.92. The number of aromatic amines is 1. The van der Waals surface area contributed by atoms with E-state index >= 15 is 0 Å². The third kappa shape index (κ3) is 4.77. The van der Waals surface area contributed by atoms with Crippen LogP contribution in [-0.2, 0) is 11.2 Å². The fourth-order valence-corrected chi connectivity index (χ4v) is 1.91. The van der Waals surface area contributed by atoms with Gasteiger partial charge in [-0.05, 0) is 27.7 Å². The number of carbonyl (C=O) groups is 1. The molecule has 0 fully saturated rings. The zero-order valence-corrected chi connectivity index (χ0v) is 11.8. The largest absolute Gasteiger partial charge is 0.351 e. The van der Waals surface area contributed by atoms with Gasteiger partial charge in [-0.25, -0.2) is 4.98 Å². The van der Waals surface area contributed by atoms with E-state index in [2.05, 4.69) is 20.5 Å². The average Bonchev–Trinajstić information content (AvgIpc) is 2.62. The van der Waals surface area contributed by atoms with Crippen molar-refractivity contribution < 1.29 is 4.79 Å². The van der Waals surface area contributed by atoms with Crippen molar-refractivity contribution in [1.29, 1.82) is 0 Å². The zero-order chi connectivity index (χ0) is 13.1. The Morgan fingerprint density at radius 2 is 2.18 bits per heavy atom. The number of aromatic nitrogens is 3. The average molecular weight is 256 g/mol. The minimum atomic E-state index is -0.209. The Hall–Kier alpha value is -1.04. The lowest BCUT2D eigenvalue weighted by atomic mass is 10.1. The van der Waals surface area contributed by atoms with E-state index < -0.39 is 0 Å². The van der Waals surface area contributed by atoms with E-state index in [1.807, 2.05) is 34.6 Å². The zero-order valence-electron chi connectivity index (χ0n) is 11.0. The molecule has 1 amide bonds. The normalized spacial score (nSPS) is 13.5. The third-order valence-corrected chi connectivity index (χ3v) is 2.96. The summed E-state index contributed by atoms with van der Waals surface area (Å²) in [5.74, 6) is 0.848. The van der Waals surface area contributed by atoms with Crippen molar-refractivity contribution in [3.05, 3.63) is 5.82 Å². The Bertz CT molecular complexity index is 383. The highest BCUT2D eigenvalue weighted by Gasteiger charge is 2.21. The molecule has 2 N–H and O–H groups in total. The Morgan fingerprint density at radius 3 is 2.65 bits per heavy atom. The van der Waals surface area contributed by atoms with Crippen LogP contribution in [0, 0.1) is 0 Å². The van der Waals surface area contributed by atoms with Crippen LogP contribution in [0.4, 0.5) is 0 Å². The minimum Gasteiger partial charge on any atom is -0.351 e. The molecular formula is C11H20N4OS. The van der Waals surface area contributed by atoms with Crippen molar-refractivity contribution >= 4 is 17.7 Å². The third-order valence-electron chi connectivity index (χ3n) is 2.00. The summed E-state index contributed by atoms with van der Waals surface area (Å²) in [7, 11) is 0. The Balaban J connectivity index is 2.54. The van der Waals surface area contributed by atoms with Crippen LogP contribution in [0.5, 0.6) is 0 Å². The number of thioether (sulfide) groups is 1. The molecule has 1 rings (SSSR count). The lowest BCUT2D eigenvalue weighted by Gasteiger charge is -2.22. The second-order valence-corrected chi connectivity index (χ2v) is 6.23. The highest BCUT2D eigenvalue weighted by Crippen LogP contribution is 2.19. The molecule has 0 radical (unpaired) electrons. The molecule has 17 heavy (non-hydrogen) atoms. The number of amides is 1. The maximum absolute atomic E-state index is 11.8. The Kier molecular flexibility index (Phi) is 4.56. The molecule has 0 saturated heterocycles. The molecule has 0 aliphatic rings. The van der Waals surface area contributed by atoms with Crippen molar-refractivity contribution in [2.75, 3.05) is 0 Å². The van der Waals surface area contributed by atoms with Crippen molar-refractivity contribution in [1.82, 2.24) is 20.5 Å². The van der Waals surface area contributed by atoms with E-state index in [0.717, 1.165) is 12.2 Å². The molecule has 0 aromatic carbocycles. The Morgan fingerprint density at radius 1 is 1.53 bits per heavy atom. The molecule has 0 saturated carbocycles. The standard InChI is InChI=1S/C11H20N4OS/c1-6-8-12-10(15-14-8)17-7(2)9(16)13-11(3,4)5/h7H,6H2,1-5H3,(H,13,16)(H,12,14,15). The van der Waals surface area contributed by atoms with Gasteiger partial charge in [0.1, 0.15) is 5.82 Å². The fraction of sp³-hybridized carbons (Fsp3) is 0.727. The van der Waals surface area contributed by atoms with Gasteiger partial charge >= 0.3 is 0 Å². The molecule has 5 nitrogen and oxygen atoms in total. The van der Waals surface area contributed by atoms with E-state index in [9.17, 15) is 4.79 Å². The van der Waals surface area contributed by atoms with Crippen LogP contribution in [-0.4, -0.2) is 31.9 Å². The predicted molar refractivity (Wildman–Crippen MR) is 69.0 cm³/mol. The lowest BCUT2D eigenvalue weighted by Crippen LogP contribution is -2.44. The summed E-state index contributed by atoms with van der Waals surface area (Å²) in [6, 6.07) is 0. The lowest BCUT2D eigenvalue weighted by molar-refractivity contribution is -0.121. The summed E-state index contributed by atoms with van der Waals surface area (Å²) < 4.78 is 0. The van der Waals surface area contributed by atoms with Crippen LogP contribution in [0.3, 0.4) is 0 Å². The van der Waals surface area contributed by atoms with Gasteiger partial charge < -0.3 is 5.32 Å². The van der Waals surface area contributed by atoms with Gasteiger partial charge in [0, 0.05) is 12.0 Å². The monoisotopic (exact) mass is 256 g/mol. The molecule has 0 spiro atoms. The van der Waals surface area contributed by atoms with Gasteiger partial charge in [0.05, 0.1) is 5.25 Å². The second kappa shape index (κ2) is 5.53. The highest BCUT2D eigenvalue weighted by molar-refractivity contribution is 8.00. The number of nitrogens with one attached hydrogen (secondary N) is 2. The van der Waals surface area contributed by atoms with Crippen LogP contribution in [0.1, 0.15) is 40.4 Å². The minimum absolute atomic E-state index is 0.00495. The van der Waals surface area contributed by atoms with Gasteiger partial charge in [-0.15, -0.1) is 5.10 Å². The first-order valence-electron chi connectivity index (χ1n) is 5.72. The molecule has 96 valence electrons. The number of carbonyl (C=O) groups excluding carboxylic acids is 1. The molecular weight excluding hydrogens is 236 g/mol. The van der Waals surface area contributed by atoms with E-state index in [-0.39, 0.29) is 16.7 Å². The first-order chi connectivity index (χ1) is 7.81. The van der Waals surface area contributed by atoms with Crippen LogP contribution in [0.25, 0.3) is 0 Å². The van der Waals surface area contributed by atoms with Gasteiger partial charge in [-0.3, -0.25) is 9.89 Å². The van der Waals surface area contributed by atoms with Gasteiger partial charge in [-0.2, -0.15) is 0 Å². The molecule has 1 aromatic heterocycles. The fourth-order valence-electron chi connectivity index (χ4n) is 1.17. The van der Waals surface area contributed by atoms with Crippen molar-refractivity contribution in [3.8, 4) is 0 Å². The first kappa shape index (κ1) is 14.0. The number of aryl methyl sites for hydroxylation is 1. The van der Waals surface area contributed by atoms with Gasteiger partial charge in [-0.1, -0.05) is 18.7 Å².